The van der Waals surface area contributed by atoms with Crippen molar-refractivity contribution in [3.05, 3.63) is 58.6 Å². The van der Waals surface area contributed by atoms with Crippen molar-refractivity contribution in [2.45, 2.75) is 38.5 Å². The number of nitrogens with zero attached hydrogens (tertiary/aromatic N) is 1. The maximum absolute atomic E-state index is 13.2. The normalized spacial score (nSPS) is 11.3. The van der Waals surface area contributed by atoms with Gasteiger partial charge in [0.15, 0.2) is 0 Å². The van der Waals surface area contributed by atoms with Gasteiger partial charge in [0.2, 0.25) is 5.91 Å². The first-order chi connectivity index (χ1) is 12.8. The number of halogens is 1. The SMILES string of the molecule is CCCCNC(=O)CN(c1ccc(C)c(C)c1)S(=O)(=O)c1ccc(Cl)cc1. The lowest BCUT2D eigenvalue weighted by Gasteiger charge is -2.25. The maximum Gasteiger partial charge on any atom is 0.264 e. The lowest BCUT2D eigenvalue weighted by molar-refractivity contribution is -0.119. The van der Waals surface area contributed by atoms with E-state index in [1.165, 1.54) is 24.3 Å². The van der Waals surface area contributed by atoms with E-state index in [-0.39, 0.29) is 17.3 Å². The summed E-state index contributed by atoms with van der Waals surface area (Å²) in [6.07, 6.45) is 1.80. The summed E-state index contributed by atoms with van der Waals surface area (Å²) in [7, 11) is -3.91. The molecule has 0 aliphatic carbocycles. The quantitative estimate of drug-likeness (QED) is 0.669. The van der Waals surface area contributed by atoms with Gasteiger partial charge >= 0.3 is 0 Å². The molecule has 0 aromatic heterocycles. The van der Waals surface area contributed by atoms with Crippen molar-refractivity contribution in [3.63, 3.8) is 0 Å². The van der Waals surface area contributed by atoms with Crippen LogP contribution in [0.25, 0.3) is 0 Å². The summed E-state index contributed by atoms with van der Waals surface area (Å²) < 4.78 is 27.6. The number of nitrogens with one attached hydrogen (secondary N) is 1. The smallest absolute Gasteiger partial charge is 0.264 e. The fourth-order valence-electron chi connectivity index (χ4n) is 2.52. The summed E-state index contributed by atoms with van der Waals surface area (Å²) in [5.74, 6) is -0.334. The second kappa shape index (κ2) is 9.24. The van der Waals surface area contributed by atoms with Gasteiger partial charge in [-0.05, 0) is 67.8 Å². The minimum Gasteiger partial charge on any atom is -0.355 e. The molecule has 0 saturated heterocycles. The Balaban J connectivity index is 2.40. The first-order valence-electron chi connectivity index (χ1n) is 8.88. The Morgan fingerprint density at radius 2 is 1.74 bits per heavy atom. The van der Waals surface area contributed by atoms with Crippen molar-refractivity contribution in [1.29, 1.82) is 0 Å². The molecule has 0 atom stereocenters. The Hall–Kier alpha value is -2.05. The van der Waals surface area contributed by atoms with Crippen LogP contribution in [0.1, 0.15) is 30.9 Å². The average molecular weight is 409 g/mol. The third kappa shape index (κ3) is 5.47. The highest BCUT2D eigenvalue weighted by atomic mass is 35.5. The van der Waals surface area contributed by atoms with E-state index < -0.39 is 10.0 Å². The Labute approximate surface area is 166 Å². The molecule has 0 bridgehead atoms. The van der Waals surface area contributed by atoms with E-state index >= 15 is 0 Å². The number of carbonyl (C=O) groups excluding carboxylic acids is 1. The molecular formula is C20H25ClN2O3S. The molecule has 5 nitrogen and oxygen atoms in total. The molecule has 7 heteroatoms. The molecule has 0 radical (unpaired) electrons. The molecule has 1 N–H and O–H groups in total. The molecular weight excluding hydrogens is 384 g/mol. The zero-order valence-electron chi connectivity index (χ0n) is 15.8. The van der Waals surface area contributed by atoms with Crippen LogP contribution in [-0.2, 0) is 14.8 Å². The molecule has 27 heavy (non-hydrogen) atoms. The van der Waals surface area contributed by atoms with Crippen LogP contribution in [0.2, 0.25) is 5.02 Å². The van der Waals surface area contributed by atoms with Crippen molar-refractivity contribution in [2.24, 2.45) is 0 Å². The van der Waals surface area contributed by atoms with Crippen LogP contribution in [0, 0.1) is 13.8 Å². The van der Waals surface area contributed by atoms with Gasteiger partial charge in [-0.2, -0.15) is 0 Å². The van der Waals surface area contributed by atoms with Crippen molar-refractivity contribution in [1.82, 2.24) is 5.32 Å². The second-order valence-corrected chi connectivity index (χ2v) is 8.74. The first-order valence-corrected chi connectivity index (χ1v) is 10.7. The molecule has 0 unspecified atom stereocenters. The van der Waals surface area contributed by atoms with Crippen molar-refractivity contribution in [3.8, 4) is 0 Å². The summed E-state index contributed by atoms with van der Waals surface area (Å²) in [6, 6.07) is 11.3. The van der Waals surface area contributed by atoms with Gasteiger partial charge in [0.05, 0.1) is 10.6 Å². The van der Waals surface area contributed by atoms with Crippen LogP contribution in [0.5, 0.6) is 0 Å². The third-order valence-corrected chi connectivity index (χ3v) is 6.36. The average Bonchev–Trinajstić information content (AvgIpc) is 2.62. The van der Waals surface area contributed by atoms with Gasteiger partial charge in [-0.1, -0.05) is 31.0 Å². The maximum atomic E-state index is 13.2. The Bertz CT molecular complexity index is 896. The predicted octanol–water partition coefficient (Wildman–Crippen LogP) is 4.07. The van der Waals surface area contributed by atoms with Crippen LogP contribution in [0.3, 0.4) is 0 Å². The van der Waals surface area contributed by atoms with Gasteiger partial charge in [-0.15, -0.1) is 0 Å². The van der Waals surface area contributed by atoms with E-state index in [4.69, 9.17) is 11.6 Å². The van der Waals surface area contributed by atoms with Gasteiger partial charge in [0.25, 0.3) is 10.0 Å². The number of sulfonamides is 1. The number of amides is 1. The van der Waals surface area contributed by atoms with Gasteiger partial charge in [0.1, 0.15) is 6.54 Å². The number of unbranched alkanes of at least 4 members (excludes halogenated alkanes) is 1. The fraction of sp³-hybridized carbons (Fsp3) is 0.350. The standard InChI is InChI=1S/C20H25ClN2O3S/c1-4-5-12-22-20(24)14-23(18-9-6-15(2)16(3)13-18)27(25,26)19-10-7-17(21)8-11-19/h6-11,13H,4-5,12,14H2,1-3H3,(H,22,24). The largest absolute Gasteiger partial charge is 0.355 e. The van der Waals surface area contributed by atoms with E-state index in [0.717, 1.165) is 28.3 Å². The van der Waals surface area contributed by atoms with E-state index in [2.05, 4.69) is 5.32 Å². The van der Waals surface area contributed by atoms with Crippen LogP contribution in [-0.4, -0.2) is 27.4 Å². The zero-order valence-corrected chi connectivity index (χ0v) is 17.4. The fourth-order valence-corrected chi connectivity index (χ4v) is 4.06. The molecule has 2 rings (SSSR count). The molecule has 0 spiro atoms. The Morgan fingerprint density at radius 3 is 2.33 bits per heavy atom. The van der Waals surface area contributed by atoms with Crippen LogP contribution < -0.4 is 9.62 Å². The van der Waals surface area contributed by atoms with E-state index in [0.29, 0.717) is 17.3 Å². The Kier molecular flexibility index (Phi) is 7.27. The molecule has 0 aliphatic heterocycles. The van der Waals surface area contributed by atoms with Gasteiger partial charge < -0.3 is 5.32 Å². The van der Waals surface area contributed by atoms with Crippen LogP contribution >= 0.6 is 11.6 Å². The van der Waals surface area contributed by atoms with Crippen molar-refractivity contribution >= 4 is 33.2 Å². The number of rotatable bonds is 8. The minimum atomic E-state index is -3.91. The summed E-state index contributed by atoms with van der Waals surface area (Å²) >= 11 is 5.88. The molecule has 0 saturated carbocycles. The summed E-state index contributed by atoms with van der Waals surface area (Å²) in [5.41, 5.74) is 2.46. The van der Waals surface area contributed by atoms with Crippen LogP contribution in [0.15, 0.2) is 47.4 Å². The number of benzene rings is 2. The number of hydrogen-bond donors (Lipinski definition) is 1. The summed E-state index contributed by atoms with van der Waals surface area (Å²) in [4.78, 5) is 12.4. The van der Waals surface area contributed by atoms with E-state index in [1.807, 2.05) is 26.8 Å². The zero-order chi connectivity index (χ0) is 20.0. The minimum absolute atomic E-state index is 0.0893. The molecule has 1 amide bonds. The monoisotopic (exact) mass is 408 g/mol. The highest BCUT2D eigenvalue weighted by molar-refractivity contribution is 7.92. The molecule has 2 aromatic rings. The first kappa shape index (κ1) is 21.3. The topological polar surface area (TPSA) is 66.5 Å². The molecule has 146 valence electrons. The molecule has 0 fully saturated rings. The highest BCUT2D eigenvalue weighted by Crippen LogP contribution is 2.26. The third-order valence-electron chi connectivity index (χ3n) is 4.32. The van der Waals surface area contributed by atoms with Crippen LogP contribution in [0.4, 0.5) is 5.69 Å². The van der Waals surface area contributed by atoms with Crippen molar-refractivity contribution in [2.75, 3.05) is 17.4 Å². The predicted molar refractivity (Wildman–Crippen MR) is 110 cm³/mol. The molecule has 2 aromatic carbocycles. The summed E-state index contributed by atoms with van der Waals surface area (Å²) in [5, 5.41) is 3.22. The number of carbonyl (C=O) groups is 1. The molecule has 0 heterocycles. The summed E-state index contributed by atoms with van der Waals surface area (Å²) in [6.45, 7) is 6.13. The number of aryl methyl sites for hydroxylation is 2. The lowest BCUT2D eigenvalue weighted by atomic mass is 10.1. The number of anilines is 1. The Morgan fingerprint density at radius 1 is 1.07 bits per heavy atom. The van der Waals surface area contributed by atoms with Gasteiger partial charge in [0, 0.05) is 11.6 Å². The van der Waals surface area contributed by atoms with E-state index in [9.17, 15) is 13.2 Å². The number of hydrogen-bond acceptors (Lipinski definition) is 3. The van der Waals surface area contributed by atoms with Crippen molar-refractivity contribution < 1.29 is 13.2 Å². The van der Waals surface area contributed by atoms with Gasteiger partial charge in [-0.3, -0.25) is 9.10 Å². The van der Waals surface area contributed by atoms with E-state index in [1.54, 1.807) is 12.1 Å². The lowest BCUT2D eigenvalue weighted by Crippen LogP contribution is -2.41. The molecule has 0 aliphatic rings. The van der Waals surface area contributed by atoms with Gasteiger partial charge in [-0.25, -0.2) is 8.42 Å². The highest BCUT2D eigenvalue weighted by Gasteiger charge is 2.27. The second-order valence-electron chi connectivity index (χ2n) is 6.44.